The van der Waals surface area contributed by atoms with Gasteiger partial charge in [-0.2, -0.15) is 0 Å². The highest BCUT2D eigenvalue weighted by atomic mass is 15.3. The van der Waals surface area contributed by atoms with Crippen molar-refractivity contribution in [2.24, 2.45) is 11.5 Å². The third kappa shape index (κ3) is 3.82. The van der Waals surface area contributed by atoms with Crippen molar-refractivity contribution >= 4 is 0 Å². The van der Waals surface area contributed by atoms with Crippen LogP contribution in [0.5, 0.6) is 0 Å². The summed E-state index contributed by atoms with van der Waals surface area (Å²) in [6.45, 7) is 7.33. The van der Waals surface area contributed by atoms with Crippen LogP contribution in [0, 0.1) is 0 Å². The molecule has 0 bridgehead atoms. The van der Waals surface area contributed by atoms with Crippen LogP contribution in [0.15, 0.2) is 0 Å². The Morgan fingerprint density at radius 3 is 1.40 bits per heavy atom. The van der Waals surface area contributed by atoms with Gasteiger partial charge in [-0.1, -0.05) is 7.43 Å². The maximum absolute atomic E-state index is 5.42. The van der Waals surface area contributed by atoms with Gasteiger partial charge in [0, 0.05) is 18.9 Å². The molecule has 10 heavy (non-hydrogen) atoms. The van der Waals surface area contributed by atoms with E-state index in [1.165, 1.54) is 0 Å². The first-order chi connectivity index (χ1) is 4.02. The number of nitrogens with zero attached hydrogens (tertiary/aromatic N) is 1. The predicted octanol–water partition coefficient (Wildman–Crippen LogP) is 0.555. The van der Waals surface area contributed by atoms with E-state index in [4.69, 9.17) is 11.5 Å². The lowest BCUT2D eigenvalue weighted by atomic mass is 10.1. The Kier molecular flexibility index (Phi) is 5.84. The SMILES string of the molecule is C.CC(C)(C)N(CN)CN. The summed E-state index contributed by atoms with van der Waals surface area (Å²) in [5.41, 5.74) is 10.9. The molecule has 0 aromatic rings. The largest absolute Gasteiger partial charge is 0.318 e. The Hall–Kier alpha value is -0.120. The molecule has 64 valence electrons. The molecule has 0 aliphatic heterocycles. The monoisotopic (exact) mass is 147 g/mol. The molecule has 0 atom stereocenters. The molecule has 0 fully saturated rings. The topological polar surface area (TPSA) is 55.3 Å². The number of hydrogen-bond acceptors (Lipinski definition) is 3. The van der Waals surface area contributed by atoms with Crippen LogP contribution in [0.25, 0.3) is 0 Å². The van der Waals surface area contributed by atoms with Crippen molar-refractivity contribution in [3.05, 3.63) is 0 Å². The zero-order valence-electron chi connectivity index (χ0n) is 6.52. The molecule has 0 amide bonds. The molecule has 0 aromatic heterocycles. The third-order valence-electron chi connectivity index (χ3n) is 1.39. The summed E-state index contributed by atoms with van der Waals surface area (Å²) < 4.78 is 0. The van der Waals surface area contributed by atoms with Crippen molar-refractivity contribution < 1.29 is 0 Å². The second-order valence-corrected chi connectivity index (χ2v) is 3.08. The number of hydrogen-bond donors (Lipinski definition) is 2. The van der Waals surface area contributed by atoms with E-state index in [9.17, 15) is 0 Å². The summed E-state index contributed by atoms with van der Waals surface area (Å²) in [5.74, 6) is 0. The first kappa shape index (κ1) is 12.5. The van der Waals surface area contributed by atoms with E-state index in [0.29, 0.717) is 13.3 Å². The summed E-state index contributed by atoms with van der Waals surface area (Å²) in [5, 5.41) is 0. The smallest absolute Gasteiger partial charge is 0.0472 e. The molecule has 0 aromatic carbocycles. The molecule has 4 N–H and O–H groups in total. The van der Waals surface area contributed by atoms with Crippen LogP contribution in [0.1, 0.15) is 28.2 Å². The van der Waals surface area contributed by atoms with Gasteiger partial charge in [0.05, 0.1) is 0 Å². The average molecular weight is 147 g/mol. The van der Waals surface area contributed by atoms with E-state index >= 15 is 0 Å². The molecule has 0 saturated heterocycles. The normalized spacial score (nSPS) is 11.4. The first-order valence-corrected chi connectivity index (χ1v) is 3.17. The van der Waals surface area contributed by atoms with Gasteiger partial charge in [0.1, 0.15) is 0 Å². The summed E-state index contributed by atoms with van der Waals surface area (Å²) >= 11 is 0. The molecule has 3 heteroatoms. The molecule has 0 heterocycles. The van der Waals surface area contributed by atoms with E-state index in [-0.39, 0.29) is 13.0 Å². The summed E-state index contributed by atoms with van der Waals surface area (Å²) in [6, 6.07) is 0. The molecule has 0 spiro atoms. The van der Waals surface area contributed by atoms with E-state index < -0.39 is 0 Å². The zero-order chi connectivity index (χ0) is 7.49. The molecule has 0 rings (SSSR count). The second kappa shape index (κ2) is 4.66. The maximum Gasteiger partial charge on any atom is 0.0472 e. The fourth-order valence-corrected chi connectivity index (χ4v) is 0.622. The molecule has 0 aliphatic rings. The molecule has 0 unspecified atom stereocenters. The van der Waals surface area contributed by atoms with Gasteiger partial charge in [-0.3, -0.25) is 4.90 Å². The predicted molar refractivity (Wildman–Crippen MR) is 46.4 cm³/mol. The lowest BCUT2D eigenvalue weighted by Gasteiger charge is -2.32. The van der Waals surface area contributed by atoms with Gasteiger partial charge in [0.2, 0.25) is 0 Å². The highest BCUT2D eigenvalue weighted by Crippen LogP contribution is 2.08. The minimum absolute atomic E-state index is 0. The lowest BCUT2D eigenvalue weighted by molar-refractivity contribution is 0.145. The Labute approximate surface area is 64.4 Å². The van der Waals surface area contributed by atoms with Crippen LogP contribution in [0.2, 0.25) is 0 Å². The molecule has 0 radical (unpaired) electrons. The van der Waals surface area contributed by atoms with Crippen molar-refractivity contribution in [1.82, 2.24) is 4.90 Å². The minimum Gasteiger partial charge on any atom is -0.318 e. The van der Waals surface area contributed by atoms with Crippen LogP contribution in [-0.2, 0) is 0 Å². The van der Waals surface area contributed by atoms with Crippen molar-refractivity contribution in [2.75, 3.05) is 13.3 Å². The van der Waals surface area contributed by atoms with Gasteiger partial charge >= 0.3 is 0 Å². The average Bonchev–Trinajstić information content (AvgIpc) is 1.65. The van der Waals surface area contributed by atoms with Crippen LogP contribution >= 0.6 is 0 Å². The fraction of sp³-hybridized carbons (Fsp3) is 1.00. The van der Waals surface area contributed by atoms with Crippen LogP contribution in [-0.4, -0.2) is 23.8 Å². The van der Waals surface area contributed by atoms with Gasteiger partial charge in [0.15, 0.2) is 0 Å². The molecule has 0 aliphatic carbocycles. The zero-order valence-corrected chi connectivity index (χ0v) is 6.52. The molecular weight excluding hydrogens is 126 g/mol. The van der Waals surface area contributed by atoms with Crippen LogP contribution in [0.4, 0.5) is 0 Å². The minimum atomic E-state index is 0. The number of nitrogens with two attached hydrogens (primary N) is 2. The van der Waals surface area contributed by atoms with Gasteiger partial charge in [-0.25, -0.2) is 0 Å². The Morgan fingerprint density at radius 2 is 1.40 bits per heavy atom. The van der Waals surface area contributed by atoms with E-state index in [1.807, 2.05) is 4.90 Å². The number of rotatable bonds is 2. The van der Waals surface area contributed by atoms with Crippen molar-refractivity contribution in [3.8, 4) is 0 Å². The molecule has 3 nitrogen and oxygen atoms in total. The molecule has 0 saturated carbocycles. The van der Waals surface area contributed by atoms with Crippen molar-refractivity contribution in [3.63, 3.8) is 0 Å². The van der Waals surface area contributed by atoms with E-state index in [1.54, 1.807) is 0 Å². The summed E-state index contributed by atoms with van der Waals surface area (Å²) in [4.78, 5) is 1.99. The van der Waals surface area contributed by atoms with Crippen LogP contribution < -0.4 is 11.5 Å². The van der Waals surface area contributed by atoms with Gasteiger partial charge in [-0.05, 0) is 20.8 Å². The highest BCUT2D eigenvalue weighted by molar-refractivity contribution is 4.72. The third-order valence-corrected chi connectivity index (χ3v) is 1.39. The van der Waals surface area contributed by atoms with Crippen molar-refractivity contribution in [1.29, 1.82) is 0 Å². The van der Waals surface area contributed by atoms with Gasteiger partial charge < -0.3 is 11.5 Å². The lowest BCUT2D eigenvalue weighted by Crippen LogP contribution is -2.47. The van der Waals surface area contributed by atoms with E-state index in [0.717, 1.165) is 0 Å². The quantitative estimate of drug-likeness (QED) is 0.561. The first-order valence-electron chi connectivity index (χ1n) is 3.17. The Bertz CT molecular complexity index is 71.4. The van der Waals surface area contributed by atoms with E-state index in [2.05, 4.69) is 20.8 Å². The molecular formula is C7H21N3. The fourth-order valence-electron chi connectivity index (χ4n) is 0.622. The summed E-state index contributed by atoms with van der Waals surface area (Å²) in [6.07, 6.45) is 0. The maximum atomic E-state index is 5.42. The van der Waals surface area contributed by atoms with Crippen LogP contribution in [0.3, 0.4) is 0 Å². The second-order valence-electron chi connectivity index (χ2n) is 3.08. The Balaban J connectivity index is 0. The van der Waals surface area contributed by atoms with Gasteiger partial charge in [0.25, 0.3) is 0 Å². The summed E-state index contributed by atoms with van der Waals surface area (Å²) in [7, 11) is 0. The van der Waals surface area contributed by atoms with Crippen molar-refractivity contribution in [2.45, 2.75) is 33.7 Å². The standard InChI is InChI=1S/C6H17N3.CH4/c1-6(2,3)9(4-7)5-8;/h4-5,7-8H2,1-3H3;1H4. The Morgan fingerprint density at radius 1 is 1.10 bits per heavy atom. The van der Waals surface area contributed by atoms with Gasteiger partial charge in [-0.15, -0.1) is 0 Å². The highest BCUT2D eigenvalue weighted by Gasteiger charge is 2.17.